The fourth-order valence-electron chi connectivity index (χ4n) is 2.60. The number of fused-ring (bicyclic) bond motifs is 2. The van der Waals surface area contributed by atoms with E-state index < -0.39 is 0 Å². The molecular formula is C20H24N4. The molecule has 0 aliphatic carbocycles. The Kier molecular flexibility index (Phi) is 4.65. The molecule has 0 saturated heterocycles. The molecule has 0 atom stereocenters. The van der Waals surface area contributed by atoms with E-state index in [2.05, 4.69) is 79.2 Å². The number of rotatable bonds is 2. The van der Waals surface area contributed by atoms with Crippen LogP contribution in [0.2, 0.25) is 0 Å². The third-order valence-corrected chi connectivity index (χ3v) is 4.20. The zero-order chi connectivity index (χ0) is 17.1. The number of benzene rings is 1. The number of imidazole rings is 2. The first-order valence-corrected chi connectivity index (χ1v) is 8.40. The summed E-state index contributed by atoms with van der Waals surface area (Å²) in [5.41, 5.74) is 5.89. The second-order valence-corrected chi connectivity index (χ2v) is 6.64. The molecule has 3 aromatic heterocycles. The van der Waals surface area contributed by atoms with Crippen molar-refractivity contribution in [3.05, 3.63) is 66.4 Å². The van der Waals surface area contributed by atoms with Crippen molar-refractivity contribution in [2.45, 2.75) is 39.5 Å². The summed E-state index contributed by atoms with van der Waals surface area (Å²) in [5.74, 6) is 1.16. The Morgan fingerprint density at radius 2 is 1.62 bits per heavy atom. The molecule has 0 saturated carbocycles. The molecule has 1 N–H and O–H groups in total. The average Bonchev–Trinajstić information content (AvgIpc) is 3.22. The van der Waals surface area contributed by atoms with E-state index in [1.165, 1.54) is 11.1 Å². The summed E-state index contributed by atoms with van der Waals surface area (Å²) in [4.78, 5) is 11.5. The minimum Gasteiger partial charge on any atom is -0.345 e. The molecule has 0 amide bonds. The van der Waals surface area contributed by atoms with Crippen LogP contribution >= 0.6 is 0 Å². The van der Waals surface area contributed by atoms with Crippen LogP contribution in [0, 0.1) is 0 Å². The summed E-state index contributed by atoms with van der Waals surface area (Å²) in [7, 11) is 0. The Hall–Kier alpha value is -2.62. The van der Waals surface area contributed by atoms with Crippen molar-refractivity contribution in [2.24, 2.45) is 0 Å². The van der Waals surface area contributed by atoms with E-state index in [9.17, 15) is 0 Å². The summed E-state index contributed by atoms with van der Waals surface area (Å²) in [5, 5.41) is 0. The van der Waals surface area contributed by atoms with E-state index in [-0.39, 0.29) is 0 Å². The molecule has 0 radical (unpaired) electrons. The van der Waals surface area contributed by atoms with Crippen molar-refractivity contribution in [3.63, 3.8) is 0 Å². The van der Waals surface area contributed by atoms with Crippen molar-refractivity contribution in [1.82, 2.24) is 19.4 Å². The van der Waals surface area contributed by atoms with Crippen molar-refractivity contribution in [3.8, 4) is 0 Å². The van der Waals surface area contributed by atoms with Gasteiger partial charge in [0.1, 0.15) is 5.65 Å². The highest BCUT2D eigenvalue weighted by Gasteiger charge is 2.01. The first kappa shape index (κ1) is 16.2. The van der Waals surface area contributed by atoms with E-state index in [1.807, 2.05) is 16.8 Å². The molecule has 0 bridgehead atoms. The lowest BCUT2D eigenvalue weighted by Crippen LogP contribution is -1.90. The fourth-order valence-corrected chi connectivity index (χ4v) is 2.60. The zero-order valence-electron chi connectivity index (χ0n) is 14.7. The Morgan fingerprint density at radius 3 is 2.38 bits per heavy atom. The van der Waals surface area contributed by atoms with Crippen LogP contribution in [-0.4, -0.2) is 19.4 Å². The van der Waals surface area contributed by atoms with Crippen LogP contribution in [0.3, 0.4) is 0 Å². The van der Waals surface area contributed by atoms with Gasteiger partial charge in [-0.1, -0.05) is 33.8 Å². The first-order valence-electron chi connectivity index (χ1n) is 8.40. The highest BCUT2D eigenvalue weighted by atomic mass is 15.0. The van der Waals surface area contributed by atoms with Gasteiger partial charge in [0, 0.05) is 18.6 Å². The molecule has 3 heterocycles. The molecule has 0 spiro atoms. The smallest absolute Gasteiger partial charge is 0.136 e. The molecule has 4 rings (SSSR count). The number of nitrogens with zero attached hydrogens (tertiary/aromatic N) is 3. The van der Waals surface area contributed by atoms with Gasteiger partial charge in [-0.15, -0.1) is 0 Å². The molecule has 4 heteroatoms. The summed E-state index contributed by atoms with van der Waals surface area (Å²) >= 11 is 0. The number of H-pyrrole nitrogens is 1. The molecule has 0 fully saturated rings. The van der Waals surface area contributed by atoms with Crippen LogP contribution in [0.1, 0.15) is 50.7 Å². The van der Waals surface area contributed by atoms with Crippen molar-refractivity contribution >= 4 is 16.7 Å². The van der Waals surface area contributed by atoms with Crippen molar-refractivity contribution in [1.29, 1.82) is 0 Å². The second-order valence-electron chi connectivity index (χ2n) is 6.64. The molecule has 1 aromatic carbocycles. The maximum atomic E-state index is 4.22. The number of aromatic amines is 1. The van der Waals surface area contributed by atoms with E-state index in [4.69, 9.17) is 0 Å². The third-order valence-electron chi connectivity index (χ3n) is 4.20. The highest BCUT2D eigenvalue weighted by Crippen LogP contribution is 2.18. The van der Waals surface area contributed by atoms with Crippen LogP contribution in [0.5, 0.6) is 0 Å². The number of hydrogen-bond donors (Lipinski definition) is 1. The Morgan fingerprint density at radius 1 is 0.875 bits per heavy atom. The minimum absolute atomic E-state index is 0.576. The predicted octanol–water partition coefficient (Wildman–Crippen LogP) is 5.14. The van der Waals surface area contributed by atoms with Gasteiger partial charge in [-0.25, -0.2) is 9.97 Å². The van der Waals surface area contributed by atoms with E-state index >= 15 is 0 Å². The van der Waals surface area contributed by atoms with Gasteiger partial charge in [0.05, 0.1) is 17.4 Å². The van der Waals surface area contributed by atoms with Crippen LogP contribution in [0.4, 0.5) is 0 Å². The molecule has 24 heavy (non-hydrogen) atoms. The van der Waals surface area contributed by atoms with E-state index in [1.54, 1.807) is 6.33 Å². The van der Waals surface area contributed by atoms with Gasteiger partial charge in [0.2, 0.25) is 0 Å². The van der Waals surface area contributed by atoms with Crippen LogP contribution < -0.4 is 0 Å². The minimum atomic E-state index is 0.576. The van der Waals surface area contributed by atoms with E-state index in [0.29, 0.717) is 11.8 Å². The normalized spacial score (nSPS) is 11.2. The first-order chi connectivity index (χ1) is 11.5. The number of aromatic nitrogens is 4. The van der Waals surface area contributed by atoms with Crippen LogP contribution in [-0.2, 0) is 0 Å². The number of pyridine rings is 1. The monoisotopic (exact) mass is 320 g/mol. The lowest BCUT2D eigenvalue weighted by atomic mass is 10.0. The molecule has 0 unspecified atom stereocenters. The molecule has 0 aliphatic rings. The number of nitrogens with one attached hydrogen (secondary N) is 1. The maximum Gasteiger partial charge on any atom is 0.136 e. The maximum absolute atomic E-state index is 4.22. The largest absolute Gasteiger partial charge is 0.345 e. The van der Waals surface area contributed by atoms with Crippen molar-refractivity contribution in [2.75, 3.05) is 0 Å². The average molecular weight is 320 g/mol. The molecule has 4 nitrogen and oxygen atoms in total. The molecule has 0 aliphatic heterocycles. The molecular weight excluding hydrogens is 296 g/mol. The SMILES string of the molecule is CC(C)c1ccc2nc[nH]c2c1.CC(C)c1ccn2ccnc2c1. The molecule has 124 valence electrons. The summed E-state index contributed by atoms with van der Waals surface area (Å²) in [6.07, 6.45) is 7.56. The van der Waals surface area contributed by atoms with Crippen LogP contribution in [0.25, 0.3) is 16.7 Å². The Labute approximate surface area is 142 Å². The van der Waals surface area contributed by atoms with Gasteiger partial charge in [-0.3, -0.25) is 0 Å². The van der Waals surface area contributed by atoms with E-state index in [0.717, 1.165) is 16.7 Å². The number of hydrogen-bond acceptors (Lipinski definition) is 2. The van der Waals surface area contributed by atoms with Gasteiger partial charge < -0.3 is 9.38 Å². The van der Waals surface area contributed by atoms with Gasteiger partial charge in [0.15, 0.2) is 0 Å². The summed E-state index contributed by atoms with van der Waals surface area (Å²) in [6, 6.07) is 10.6. The van der Waals surface area contributed by atoms with Gasteiger partial charge in [-0.05, 0) is 47.2 Å². The zero-order valence-corrected chi connectivity index (χ0v) is 14.7. The fraction of sp³-hybridized carbons (Fsp3) is 0.300. The van der Waals surface area contributed by atoms with Gasteiger partial charge in [0.25, 0.3) is 0 Å². The Balaban J connectivity index is 0.000000141. The lowest BCUT2D eigenvalue weighted by molar-refractivity contribution is 0.863. The second kappa shape index (κ2) is 6.87. The van der Waals surface area contributed by atoms with Gasteiger partial charge in [-0.2, -0.15) is 0 Å². The topological polar surface area (TPSA) is 46.0 Å². The standard InChI is InChI=1S/2C10H12N2/c1-8(2)9-3-5-12-6-4-11-10(12)7-9;1-7(2)8-3-4-9-10(5-8)12-6-11-9/h3-8H,1-2H3;3-7H,1-2H3,(H,11,12). The highest BCUT2D eigenvalue weighted by molar-refractivity contribution is 5.75. The summed E-state index contributed by atoms with van der Waals surface area (Å²) in [6.45, 7) is 8.76. The van der Waals surface area contributed by atoms with Crippen LogP contribution in [0.15, 0.2) is 55.2 Å². The van der Waals surface area contributed by atoms with Gasteiger partial charge >= 0.3 is 0 Å². The predicted molar refractivity (Wildman–Crippen MR) is 99.5 cm³/mol. The third kappa shape index (κ3) is 3.48. The quantitative estimate of drug-likeness (QED) is 0.555. The van der Waals surface area contributed by atoms with Crippen molar-refractivity contribution < 1.29 is 0 Å². The molecule has 4 aromatic rings. The Bertz CT molecular complexity index is 853. The lowest BCUT2D eigenvalue weighted by Gasteiger charge is -2.04. The summed E-state index contributed by atoms with van der Waals surface area (Å²) < 4.78 is 2.02.